The van der Waals surface area contributed by atoms with E-state index < -0.39 is 0 Å². The van der Waals surface area contributed by atoms with Crippen molar-refractivity contribution in [1.29, 1.82) is 0 Å². The molecule has 0 saturated heterocycles. The highest BCUT2D eigenvalue weighted by molar-refractivity contribution is 6.32. The summed E-state index contributed by atoms with van der Waals surface area (Å²) >= 11 is 6.14. The van der Waals surface area contributed by atoms with Crippen LogP contribution in [0, 0.1) is 6.92 Å². The van der Waals surface area contributed by atoms with Crippen LogP contribution >= 0.6 is 11.6 Å². The van der Waals surface area contributed by atoms with Crippen molar-refractivity contribution in [3.8, 4) is 17.2 Å². The molecule has 0 unspecified atom stereocenters. The molecular weight excluding hydrogens is 402 g/mol. The largest absolute Gasteiger partial charge is 0.495 e. The zero-order valence-electron chi connectivity index (χ0n) is 17.2. The van der Waals surface area contributed by atoms with Crippen LogP contribution in [0.1, 0.15) is 28.4 Å². The molecule has 0 heterocycles. The minimum atomic E-state index is -0.254. The molecule has 0 radical (unpaired) electrons. The molecule has 0 spiro atoms. The van der Waals surface area contributed by atoms with Gasteiger partial charge >= 0.3 is 0 Å². The topological polar surface area (TPSA) is 56.8 Å². The lowest BCUT2D eigenvalue weighted by molar-refractivity contribution is 0.102. The Labute approximate surface area is 181 Å². The Morgan fingerprint density at radius 1 is 0.967 bits per heavy atom. The Morgan fingerprint density at radius 3 is 2.37 bits per heavy atom. The predicted octanol–water partition coefficient (Wildman–Crippen LogP) is 5.89. The predicted molar refractivity (Wildman–Crippen MR) is 119 cm³/mol. The zero-order chi connectivity index (χ0) is 21.5. The quantitative estimate of drug-likeness (QED) is 0.489. The maximum atomic E-state index is 12.7. The second-order valence-corrected chi connectivity index (χ2v) is 7.07. The molecule has 30 heavy (non-hydrogen) atoms. The van der Waals surface area contributed by atoms with Crippen LogP contribution < -0.4 is 19.5 Å². The molecule has 0 aliphatic rings. The number of carbonyl (C=O) groups is 1. The van der Waals surface area contributed by atoms with Crippen LogP contribution in [0.4, 0.5) is 5.69 Å². The molecular formula is C24H24ClNO4. The molecule has 0 aromatic heterocycles. The summed E-state index contributed by atoms with van der Waals surface area (Å²) in [4.78, 5) is 12.7. The number of hydrogen-bond acceptors (Lipinski definition) is 4. The van der Waals surface area contributed by atoms with Gasteiger partial charge in [0.05, 0.1) is 18.7 Å². The van der Waals surface area contributed by atoms with Crippen LogP contribution in [0.3, 0.4) is 0 Å². The number of benzene rings is 3. The molecule has 0 saturated carbocycles. The van der Waals surface area contributed by atoms with E-state index in [1.807, 2.05) is 38.1 Å². The van der Waals surface area contributed by atoms with Gasteiger partial charge in [0.15, 0.2) is 0 Å². The minimum Gasteiger partial charge on any atom is -0.495 e. The molecule has 0 bridgehead atoms. The number of rotatable bonds is 8. The number of nitrogens with one attached hydrogen (secondary N) is 1. The first kappa shape index (κ1) is 21.5. The van der Waals surface area contributed by atoms with E-state index in [0.717, 1.165) is 16.9 Å². The van der Waals surface area contributed by atoms with Crippen LogP contribution in [0.5, 0.6) is 17.2 Å². The monoisotopic (exact) mass is 425 g/mol. The summed E-state index contributed by atoms with van der Waals surface area (Å²) in [6.07, 6.45) is 0. The van der Waals surface area contributed by atoms with Gasteiger partial charge in [-0.3, -0.25) is 4.79 Å². The van der Waals surface area contributed by atoms with E-state index in [1.165, 1.54) is 0 Å². The Hall–Kier alpha value is -3.18. The average molecular weight is 426 g/mol. The molecule has 1 N–H and O–H groups in total. The van der Waals surface area contributed by atoms with Gasteiger partial charge in [-0.15, -0.1) is 0 Å². The molecule has 6 heteroatoms. The maximum Gasteiger partial charge on any atom is 0.255 e. The Kier molecular flexibility index (Phi) is 7.20. The molecule has 5 nitrogen and oxygen atoms in total. The number of ether oxygens (including phenoxy) is 3. The van der Waals surface area contributed by atoms with Crippen LogP contribution in [0.15, 0.2) is 60.7 Å². The van der Waals surface area contributed by atoms with Crippen LogP contribution in [0.25, 0.3) is 0 Å². The SMILES string of the molecule is CCOc1ccc(C(=O)Nc2ccc(OC)c(Cl)c2)cc1COc1ccc(C)cc1. The van der Waals surface area contributed by atoms with Crippen LogP contribution in [-0.4, -0.2) is 19.6 Å². The number of carbonyl (C=O) groups excluding carboxylic acids is 1. The Balaban J connectivity index is 1.77. The smallest absolute Gasteiger partial charge is 0.255 e. The standard InChI is InChI=1S/C24H24ClNO4/c1-4-29-22-11-7-17(13-18(22)15-30-20-9-5-16(2)6-10-20)24(27)26-19-8-12-23(28-3)21(25)14-19/h5-14H,4,15H2,1-3H3,(H,26,27). The fourth-order valence-corrected chi connectivity index (χ4v) is 3.13. The highest BCUT2D eigenvalue weighted by atomic mass is 35.5. The summed E-state index contributed by atoms with van der Waals surface area (Å²) in [6, 6.07) is 18.2. The van der Waals surface area contributed by atoms with Crippen molar-refractivity contribution >= 4 is 23.2 Å². The van der Waals surface area contributed by atoms with E-state index in [4.69, 9.17) is 25.8 Å². The van der Waals surface area contributed by atoms with Gasteiger partial charge in [0.2, 0.25) is 0 Å². The van der Waals surface area contributed by atoms with Gasteiger partial charge in [0.1, 0.15) is 23.9 Å². The lowest BCUT2D eigenvalue weighted by Gasteiger charge is -2.14. The summed E-state index contributed by atoms with van der Waals surface area (Å²) in [5.74, 6) is 1.74. The first-order chi connectivity index (χ1) is 14.5. The maximum absolute atomic E-state index is 12.7. The molecule has 0 aliphatic carbocycles. The van der Waals surface area contributed by atoms with Crippen molar-refractivity contribution < 1.29 is 19.0 Å². The third-order valence-electron chi connectivity index (χ3n) is 4.45. The highest BCUT2D eigenvalue weighted by Gasteiger charge is 2.13. The fourth-order valence-electron chi connectivity index (χ4n) is 2.87. The van der Waals surface area contributed by atoms with E-state index in [1.54, 1.807) is 43.5 Å². The molecule has 3 aromatic rings. The van der Waals surface area contributed by atoms with Gasteiger partial charge in [-0.2, -0.15) is 0 Å². The van der Waals surface area contributed by atoms with Crippen molar-refractivity contribution in [3.05, 3.63) is 82.4 Å². The zero-order valence-corrected chi connectivity index (χ0v) is 18.0. The van der Waals surface area contributed by atoms with Gasteiger partial charge in [0, 0.05) is 16.8 Å². The number of aryl methyl sites for hydroxylation is 1. The van der Waals surface area contributed by atoms with E-state index >= 15 is 0 Å². The Bertz CT molecular complexity index is 1020. The molecule has 3 aromatic carbocycles. The fraction of sp³-hybridized carbons (Fsp3) is 0.208. The number of amides is 1. The van der Waals surface area contributed by atoms with E-state index in [9.17, 15) is 4.79 Å². The summed E-state index contributed by atoms with van der Waals surface area (Å²) in [5.41, 5.74) is 3.03. The van der Waals surface area contributed by atoms with Crippen molar-refractivity contribution in [2.45, 2.75) is 20.5 Å². The van der Waals surface area contributed by atoms with Gasteiger partial charge in [-0.25, -0.2) is 0 Å². The van der Waals surface area contributed by atoms with Gasteiger partial charge in [-0.1, -0.05) is 29.3 Å². The summed E-state index contributed by atoms with van der Waals surface area (Å²) < 4.78 is 16.7. The van der Waals surface area contributed by atoms with Crippen LogP contribution in [-0.2, 0) is 6.61 Å². The van der Waals surface area contributed by atoms with Crippen molar-refractivity contribution in [2.24, 2.45) is 0 Å². The Morgan fingerprint density at radius 2 is 1.70 bits per heavy atom. The number of hydrogen-bond donors (Lipinski definition) is 1. The highest BCUT2D eigenvalue weighted by Crippen LogP contribution is 2.28. The van der Waals surface area contributed by atoms with Crippen molar-refractivity contribution in [1.82, 2.24) is 0 Å². The number of halogens is 1. The third kappa shape index (κ3) is 5.45. The first-order valence-electron chi connectivity index (χ1n) is 9.60. The minimum absolute atomic E-state index is 0.254. The number of anilines is 1. The lowest BCUT2D eigenvalue weighted by Crippen LogP contribution is -2.13. The lowest BCUT2D eigenvalue weighted by atomic mass is 10.1. The van der Waals surface area contributed by atoms with Gasteiger partial charge in [-0.05, 0) is 62.4 Å². The average Bonchev–Trinajstić information content (AvgIpc) is 2.74. The molecule has 0 atom stereocenters. The van der Waals surface area contributed by atoms with Gasteiger partial charge in [0.25, 0.3) is 5.91 Å². The van der Waals surface area contributed by atoms with E-state index in [0.29, 0.717) is 34.4 Å². The normalized spacial score (nSPS) is 10.4. The van der Waals surface area contributed by atoms with E-state index in [2.05, 4.69) is 5.32 Å². The molecule has 1 amide bonds. The molecule has 0 aliphatic heterocycles. The van der Waals surface area contributed by atoms with Crippen molar-refractivity contribution in [3.63, 3.8) is 0 Å². The van der Waals surface area contributed by atoms with Crippen LogP contribution in [0.2, 0.25) is 5.02 Å². The summed E-state index contributed by atoms with van der Waals surface area (Å²) in [6.45, 7) is 4.75. The molecule has 156 valence electrons. The van der Waals surface area contributed by atoms with E-state index in [-0.39, 0.29) is 12.5 Å². The molecule has 3 rings (SSSR count). The third-order valence-corrected chi connectivity index (χ3v) is 4.74. The van der Waals surface area contributed by atoms with Gasteiger partial charge < -0.3 is 19.5 Å². The summed E-state index contributed by atoms with van der Waals surface area (Å²) in [5, 5.41) is 3.27. The summed E-state index contributed by atoms with van der Waals surface area (Å²) in [7, 11) is 1.54. The first-order valence-corrected chi connectivity index (χ1v) is 9.98. The molecule has 0 fully saturated rings. The number of methoxy groups -OCH3 is 1. The second-order valence-electron chi connectivity index (χ2n) is 6.66. The van der Waals surface area contributed by atoms with Crippen molar-refractivity contribution in [2.75, 3.05) is 19.0 Å². The second kappa shape index (κ2) is 10.0.